The number of alkyl halides is 1. The lowest BCUT2D eigenvalue weighted by Crippen LogP contribution is -1.81. The van der Waals surface area contributed by atoms with Crippen LogP contribution >= 0.6 is 22.9 Å². The molecule has 15 heavy (non-hydrogen) atoms. The number of hydrogen-bond acceptors (Lipinski definition) is 4. The van der Waals surface area contributed by atoms with E-state index < -0.39 is 0 Å². The summed E-state index contributed by atoms with van der Waals surface area (Å²) >= 11 is 7.50. The molecular formula is C10H11ClN2OS. The molecule has 0 amide bonds. The molecule has 2 aromatic heterocycles. The van der Waals surface area contributed by atoms with Crippen molar-refractivity contribution in [1.82, 2.24) is 10.2 Å². The lowest BCUT2D eigenvalue weighted by molar-refractivity contribution is 0.508. The molecule has 0 aliphatic heterocycles. The van der Waals surface area contributed by atoms with Crippen molar-refractivity contribution in [3.05, 3.63) is 22.4 Å². The van der Waals surface area contributed by atoms with Crippen molar-refractivity contribution in [2.75, 3.05) is 0 Å². The highest BCUT2D eigenvalue weighted by atomic mass is 35.5. The summed E-state index contributed by atoms with van der Waals surface area (Å²) in [4.78, 5) is 2.27. The molecule has 3 nitrogen and oxygen atoms in total. The summed E-state index contributed by atoms with van der Waals surface area (Å²) in [5.41, 5.74) is 1.24. The molecule has 0 spiro atoms. The summed E-state index contributed by atoms with van der Waals surface area (Å²) in [5.74, 6) is 1.02. The second kappa shape index (κ2) is 3.94. The molecule has 0 radical (unpaired) electrons. The lowest BCUT2D eigenvalue weighted by Gasteiger charge is -1.91. The van der Waals surface area contributed by atoms with Crippen molar-refractivity contribution >= 4 is 22.9 Å². The van der Waals surface area contributed by atoms with E-state index in [1.54, 1.807) is 11.3 Å². The molecule has 80 valence electrons. The van der Waals surface area contributed by atoms with E-state index in [9.17, 15) is 0 Å². The Hall–Kier alpha value is -0.870. The second-order valence-electron chi connectivity index (χ2n) is 3.41. The van der Waals surface area contributed by atoms with E-state index >= 15 is 0 Å². The van der Waals surface area contributed by atoms with E-state index in [0.717, 1.165) is 4.88 Å². The fourth-order valence-electron chi connectivity index (χ4n) is 1.17. The normalized spacial score (nSPS) is 13.1. The third kappa shape index (κ3) is 2.06. The molecule has 0 fully saturated rings. The Labute approximate surface area is 97.1 Å². The Kier molecular flexibility index (Phi) is 2.80. The first-order valence-corrected chi connectivity index (χ1v) is 5.88. The fourth-order valence-corrected chi connectivity index (χ4v) is 2.22. The van der Waals surface area contributed by atoms with E-state index in [-0.39, 0.29) is 5.38 Å². The molecule has 5 heteroatoms. The molecule has 2 heterocycles. The van der Waals surface area contributed by atoms with Crippen LogP contribution in [0.25, 0.3) is 10.8 Å². The largest absolute Gasteiger partial charge is 0.418 e. The van der Waals surface area contributed by atoms with Gasteiger partial charge < -0.3 is 4.42 Å². The van der Waals surface area contributed by atoms with Crippen LogP contribution in [0.3, 0.4) is 0 Å². The van der Waals surface area contributed by atoms with E-state index in [1.807, 2.05) is 6.92 Å². The van der Waals surface area contributed by atoms with Gasteiger partial charge in [-0.2, -0.15) is 0 Å². The van der Waals surface area contributed by atoms with Crippen molar-refractivity contribution in [2.45, 2.75) is 26.1 Å². The monoisotopic (exact) mass is 242 g/mol. The summed E-state index contributed by atoms with van der Waals surface area (Å²) in [7, 11) is 0. The average molecular weight is 243 g/mol. The zero-order valence-corrected chi connectivity index (χ0v) is 10.3. The second-order valence-corrected chi connectivity index (χ2v) is 5.32. The number of nitrogens with zero attached hydrogens (tertiary/aromatic N) is 2. The predicted octanol–water partition coefficient (Wildman–Crippen LogP) is 3.71. The van der Waals surface area contributed by atoms with Crippen LogP contribution in [0.4, 0.5) is 0 Å². The molecule has 0 N–H and O–H groups in total. The van der Waals surface area contributed by atoms with E-state index in [2.05, 4.69) is 30.1 Å². The molecule has 0 bridgehead atoms. The zero-order valence-electron chi connectivity index (χ0n) is 8.74. The highest BCUT2D eigenvalue weighted by Gasteiger charge is 2.14. The molecule has 0 aliphatic carbocycles. The highest BCUT2D eigenvalue weighted by molar-refractivity contribution is 7.15. The van der Waals surface area contributed by atoms with Gasteiger partial charge in [-0.3, -0.25) is 0 Å². The van der Waals surface area contributed by atoms with Crippen molar-refractivity contribution in [3.8, 4) is 10.8 Å². The molecule has 2 aromatic rings. The van der Waals surface area contributed by atoms with Crippen molar-refractivity contribution in [1.29, 1.82) is 0 Å². The summed E-state index contributed by atoms with van der Waals surface area (Å²) in [6, 6.07) is 2.05. The van der Waals surface area contributed by atoms with E-state index in [0.29, 0.717) is 11.8 Å². The van der Waals surface area contributed by atoms with Gasteiger partial charge in [0.05, 0.1) is 4.88 Å². The van der Waals surface area contributed by atoms with E-state index in [1.165, 1.54) is 10.4 Å². The van der Waals surface area contributed by atoms with Crippen molar-refractivity contribution in [3.63, 3.8) is 0 Å². The number of rotatable bonds is 2. The maximum atomic E-state index is 5.85. The standard InChI is InChI=1S/C10H11ClN2OS/c1-5-4-8(15-7(5)3)10-13-12-9(14-10)6(2)11/h4,6H,1-3H3. The molecular weight excluding hydrogens is 232 g/mol. The fraction of sp³-hybridized carbons (Fsp3) is 0.400. The number of aryl methyl sites for hydroxylation is 2. The van der Waals surface area contributed by atoms with Gasteiger partial charge in [-0.25, -0.2) is 0 Å². The Balaban J connectivity index is 2.37. The maximum absolute atomic E-state index is 5.85. The summed E-state index contributed by atoms with van der Waals surface area (Å²) < 4.78 is 5.46. The van der Waals surface area contributed by atoms with Crippen LogP contribution in [-0.2, 0) is 0 Å². The van der Waals surface area contributed by atoms with Gasteiger partial charge in [0.15, 0.2) is 0 Å². The number of aromatic nitrogens is 2. The molecule has 2 rings (SSSR count). The Bertz CT molecular complexity index is 456. The average Bonchev–Trinajstić information content (AvgIpc) is 2.74. The van der Waals surface area contributed by atoms with Crippen LogP contribution in [-0.4, -0.2) is 10.2 Å². The van der Waals surface area contributed by atoms with E-state index in [4.69, 9.17) is 16.0 Å². The van der Waals surface area contributed by atoms with Gasteiger partial charge in [-0.15, -0.1) is 33.1 Å². The lowest BCUT2D eigenvalue weighted by atomic mass is 10.3. The first-order chi connectivity index (χ1) is 7.08. The van der Waals surface area contributed by atoms with Crippen molar-refractivity contribution in [2.24, 2.45) is 0 Å². The van der Waals surface area contributed by atoms with Crippen LogP contribution < -0.4 is 0 Å². The van der Waals surface area contributed by atoms with Crippen LogP contribution in [0.1, 0.15) is 28.6 Å². The molecule has 1 unspecified atom stereocenters. The quantitative estimate of drug-likeness (QED) is 0.754. The minimum absolute atomic E-state index is 0.242. The first kappa shape index (κ1) is 10.6. The van der Waals surface area contributed by atoms with Gasteiger partial charge in [0, 0.05) is 4.88 Å². The predicted molar refractivity (Wildman–Crippen MR) is 61.4 cm³/mol. The van der Waals surface area contributed by atoms with Gasteiger partial charge in [0.25, 0.3) is 5.89 Å². The van der Waals surface area contributed by atoms with Crippen molar-refractivity contribution < 1.29 is 4.42 Å². The maximum Gasteiger partial charge on any atom is 0.257 e. The minimum atomic E-state index is -0.242. The SMILES string of the molecule is Cc1cc(-c2nnc(C(C)Cl)o2)sc1C. The Morgan fingerprint density at radius 3 is 2.60 bits per heavy atom. The summed E-state index contributed by atoms with van der Waals surface area (Å²) in [5, 5.41) is 7.62. The van der Waals surface area contributed by atoms with Gasteiger partial charge in [-0.05, 0) is 32.4 Å². The number of thiophene rings is 1. The number of halogens is 1. The highest BCUT2D eigenvalue weighted by Crippen LogP contribution is 2.31. The van der Waals surface area contributed by atoms with Gasteiger partial charge in [0.2, 0.25) is 5.89 Å². The molecule has 0 aliphatic rings. The summed E-state index contributed by atoms with van der Waals surface area (Å²) in [6.07, 6.45) is 0. The van der Waals surface area contributed by atoms with Crippen LogP contribution in [0.5, 0.6) is 0 Å². The third-order valence-electron chi connectivity index (χ3n) is 2.16. The topological polar surface area (TPSA) is 38.9 Å². The van der Waals surface area contributed by atoms with Gasteiger partial charge in [0.1, 0.15) is 5.38 Å². The smallest absolute Gasteiger partial charge is 0.257 e. The third-order valence-corrected chi connectivity index (χ3v) is 3.48. The first-order valence-electron chi connectivity index (χ1n) is 4.63. The minimum Gasteiger partial charge on any atom is -0.418 e. The Morgan fingerprint density at radius 1 is 1.40 bits per heavy atom. The van der Waals surface area contributed by atoms with Gasteiger partial charge in [-0.1, -0.05) is 0 Å². The molecule has 0 saturated carbocycles. The molecule has 1 atom stereocenters. The van der Waals surface area contributed by atoms with Crippen LogP contribution in [0.2, 0.25) is 0 Å². The molecule has 0 saturated heterocycles. The summed E-state index contributed by atoms with van der Waals surface area (Å²) in [6.45, 7) is 5.95. The van der Waals surface area contributed by atoms with Crippen LogP contribution in [0.15, 0.2) is 10.5 Å². The zero-order chi connectivity index (χ0) is 11.0. The van der Waals surface area contributed by atoms with Crippen LogP contribution in [0, 0.1) is 13.8 Å². The van der Waals surface area contributed by atoms with Gasteiger partial charge >= 0.3 is 0 Å². The molecule has 0 aromatic carbocycles. The number of hydrogen-bond donors (Lipinski definition) is 0. The Morgan fingerprint density at radius 2 is 2.13 bits per heavy atom.